The van der Waals surface area contributed by atoms with Crippen LogP contribution >= 0.6 is 0 Å². The highest BCUT2D eigenvalue weighted by molar-refractivity contribution is 5.71. The Hall–Kier alpha value is -0.610. The van der Waals surface area contributed by atoms with Gasteiger partial charge in [-0.05, 0) is 45.3 Å². The van der Waals surface area contributed by atoms with Crippen LogP contribution in [-0.2, 0) is 4.79 Å². The number of nitrogens with zero attached hydrogens (tertiary/aromatic N) is 2. The van der Waals surface area contributed by atoms with E-state index in [2.05, 4.69) is 16.7 Å². The number of rotatable bonds is 4. The van der Waals surface area contributed by atoms with Gasteiger partial charge in [0.05, 0.1) is 5.92 Å². The summed E-state index contributed by atoms with van der Waals surface area (Å²) in [6.07, 6.45) is 4.95. The zero-order chi connectivity index (χ0) is 12.3. The van der Waals surface area contributed by atoms with Gasteiger partial charge in [-0.25, -0.2) is 0 Å². The van der Waals surface area contributed by atoms with Crippen molar-refractivity contribution < 1.29 is 9.90 Å². The quantitative estimate of drug-likeness (QED) is 0.803. The molecule has 2 aliphatic heterocycles. The Labute approximate surface area is 104 Å². The molecule has 0 bridgehead atoms. The van der Waals surface area contributed by atoms with E-state index in [1.165, 1.54) is 45.3 Å². The van der Waals surface area contributed by atoms with Gasteiger partial charge in [-0.3, -0.25) is 9.69 Å². The van der Waals surface area contributed by atoms with Crippen molar-refractivity contribution in [2.45, 2.75) is 38.6 Å². The van der Waals surface area contributed by atoms with Gasteiger partial charge in [0.2, 0.25) is 0 Å². The molecule has 2 saturated heterocycles. The van der Waals surface area contributed by atoms with Crippen molar-refractivity contribution in [3.05, 3.63) is 0 Å². The van der Waals surface area contributed by atoms with Crippen LogP contribution in [0.15, 0.2) is 0 Å². The van der Waals surface area contributed by atoms with Crippen molar-refractivity contribution in [3.63, 3.8) is 0 Å². The van der Waals surface area contributed by atoms with E-state index in [1.807, 2.05) is 0 Å². The smallest absolute Gasteiger partial charge is 0.309 e. The van der Waals surface area contributed by atoms with Gasteiger partial charge in [-0.15, -0.1) is 0 Å². The van der Waals surface area contributed by atoms with E-state index in [0.717, 1.165) is 13.1 Å². The molecule has 2 heterocycles. The van der Waals surface area contributed by atoms with E-state index >= 15 is 0 Å². The number of hydrogen-bond acceptors (Lipinski definition) is 3. The molecule has 1 N–H and O–H groups in total. The number of likely N-dealkylation sites (tertiary alicyclic amines) is 2. The number of carbonyl (C=O) groups is 1. The summed E-state index contributed by atoms with van der Waals surface area (Å²) in [7, 11) is 0. The van der Waals surface area contributed by atoms with Crippen LogP contribution < -0.4 is 0 Å². The van der Waals surface area contributed by atoms with Gasteiger partial charge in [0, 0.05) is 19.1 Å². The maximum atomic E-state index is 10.8. The molecule has 0 aromatic heterocycles. The molecule has 0 amide bonds. The van der Waals surface area contributed by atoms with Crippen molar-refractivity contribution >= 4 is 5.97 Å². The second-order valence-electron chi connectivity index (χ2n) is 5.42. The van der Waals surface area contributed by atoms with Gasteiger partial charge in [0.1, 0.15) is 0 Å². The maximum absolute atomic E-state index is 10.8. The molecule has 2 aliphatic rings. The standard InChI is InChI=1S/C13H24N2O2/c1-2-6-14-7-3-4-12(5-8-14)15-9-11(10-15)13(16)17/h11-12H,2-10H2,1H3,(H,16,17). The third-order valence-electron chi connectivity index (χ3n) is 4.11. The van der Waals surface area contributed by atoms with Gasteiger partial charge in [-0.1, -0.05) is 6.92 Å². The van der Waals surface area contributed by atoms with Crippen LogP contribution in [0.3, 0.4) is 0 Å². The first-order valence-electron chi connectivity index (χ1n) is 6.90. The molecule has 2 rings (SSSR count). The first kappa shape index (κ1) is 12.8. The average Bonchev–Trinajstić information content (AvgIpc) is 2.42. The Bertz CT molecular complexity index is 264. The Balaban J connectivity index is 1.74. The highest BCUT2D eigenvalue weighted by Gasteiger charge is 2.36. The van der Waals surface area contributed by atoms with Crippen LogP contribution in [0.25, 0.3) is 0 Å². The molecule has 0 aromatic carbocycles. The van der Waals surface area contributed by atoms with Gasteiger partial charge >= 0.3 is 5.97 Å². The van der Waals surface area contributed by atoms with Gasteiger partial charge in [0.15, 0.2) is 0 Å². The minimum absolute atomic E-state index is 0.106. The lowest BCUT2D eigenvalue weighted by Gasteiger charge is -2.42. The molecule has 0 aliphatic carbocycles. The summed E-state index contributed by atoms with van der Waals surface area (Å²) in [5, 5.41) is 8.88. The molecule has 0 aromatic rings. The van der Waals surface area contributed by atoms with E-state index in [4.69, 9.17) is 5.11 Å². The normalized spacial score (nSPS) is 28.6. The molecule has 1 atom stereocenters. The molecular weight excluding hydrogens is 216 g/mol. The molecule has 4 heteroatoms. The van der Waals surface area contributed by atoms with Crippen molar-refractivity contribution in [1.82, 2.24) is 9.80 Å². The lowest BCUT2D eigenvalue weighted by molar-refractivity contribution is -0.148. The van der Waals surface area contributed by atoms with Crippen LogP contribution in [0.4, 0.5) is 0 Å². The SMILES string of the molecule is CCCN1CCCC(N2CC(C(=O)O)C2)CC1. The number of carboxylic acids is 1. The second kappa shape index (κ2) is 5.83. The van der Waals surface area contributed by atoms with Crippen molar-refractivity contribution in [2.24, 2.45) is 5.92 Å². The largest absolute Gasteiger partial charge is 0.481 e. The summed E-state index contributed by atoms with van der Waals surface area (Å²) in [6, 6.07) is 0.632. The molecule has 2 fully saturated rings. The summed E-state index contributed by atoms with van der Waals surface area (Å²) < 4.78 is 0. The van der Waals surface area contributed by atoms with Crippen molar-refractivity contribution in [2.75, 3.05) is 32.7 Å². The molecular formula is C13H24N2O2. The molecule has 0 saturated carbocycles. The molecule has 98 valence electrons. The Kier molecular flexibility index (Phi) is 4.40. The minimum Gasteiger partial charge on any atom is -0.481 e. The minimum atomic E-state index is -0.623. The lowest BCUT2D eigenvalue weighted by Crippen LogP contribution is -2.54. The van der Waals surface area contributed by atoms with Gasteiger partial charge in [0.25, 0.3) is 0 Å². The average molecular weight is 240 g/mol. The molecule has 4 nitrogen and oxygen atoms in total. The van der Waals surface area contributed by atoms with Crippen molar-refractivity contribution in [3.8, 4) is 0 Å². The Morgan fingerprint density at radius 2 is 2.06 bits per heavy atom. The summed E-state index contributed by atoms with van der Waals surface area (Å²) >= 11 is 0. The maximum Gasteiger partial charge on any atom is 0.309 e. The van der Waals surface area contributed by atoms with Crippen LogP contribution in [0.1, 0.15) is 32.6 Å². The third kappa shape index (κ3) is 3.19. The van der Waals surface area contributed by atoms with Crippen LogP contribution in [-0.4, -0.2) is 59.6 Å². The van der Waals surface area contributed by atoms with E-state index in [1.54, 1.807) is 0 Å². The monoisotopic (exact) mass is 240 g/mol. The third-order valence-corrected chi connectivity index (χ3v) is 4.11. The molecule has 1 unspecified atom stereocenters. The highest BCUT2D eigenvalue weighted by atomic mass is 16.4. The van der Waals surface area contributed by atoms with E-state index < -0.39 is 5.97 Å². The summed E-state index contributed by atoms with van der Waals surface area (Å²) in [6.45, 7) is 7.40. The fourth-order valence-corrected chi connectivity index (χ4v) is 3.01. The van der Waals surface area contributed by atoms with Gasteiger partial charge < -0.3 is 10.0 Å². The number of carboxylic acid groups (broad SMARTS) is 1. The number of aliphatic carboxylic acids is 1. The Morgan fingerprint density at radius 1 is 1.29 bits per heavy atom. The predicted molar refractivity (Wildman–Crippen MR) is 67.1 cm³/mol. The lowest BCUT2D eigenvalue weighted by atomic mass is 9.95. The van der Waals surface area contributed by atoms with Crippen molar-refractivity contribution in [1.29, 1.82) is 0 Å². The zero-order valence-corrected chi connectivity index (χ0v) is 10.8. The zero-order valence-electron chi connectivity index (χ0n) is 10.8. The fourth-order valence-electron chi connectivity index (χ4n) is 3.01. The van der Waals surface area contributed by atoms with Crippen LogP contribution in [0, 0.1) is 5.92 Å². The topological polar surface area (TPSA) is 43.8 Å². The molecule has 0 radical (unpaired) electrons. The van der Waals surface area contributed by atoms with Gasteiger partial charge in [-0.2, -0.15) is 0 Å². The van der Waals surface area contributed by atoms with E-state index in [0.29, 0.717) is 6.04 Å². The fraction of sp³-hybridized carbons (Fsp3) is 0.923. The predicted octanol–water partition coefficient (Wildman–Crippen LogP) is 1.27. The Morgan fingerprint density at radius 3 is 2.71 bits per heavy atom. The van der Waals surface area contributed by atoms with Crippen LogP contribution in [0.5, 0.6) is 0 Å². The first-order valence-corrected chi connectivity index (χ1v) is 6.90. The second-order valence-corrected chi connectivity index (χ2v) is 5.42. The van der Waals surface area contributed by atoms with Crippen LogP contribution in [0.2, 0.25) is 0 Å². The summed E-state index contributed by atoms with van der Waals surface area (Å²) in [4.78, 5) is 15.7. The summed E-state index contributed by atoms with van der Waals surface area (Å²) in [5.74, 6) is -0.729. The molecule has 17 heavy (non-hydrogen) atoms. The first-order chi connectivity index (χ1) is 8.20. The summed E-state index contributed by atoms with van der Waals surface area (Å²) in [5.41, 5.74) is 0. The van der Waals surface area contributed by atoms with E-state index in [9.17, 15) is 4.79 Å². The highest BCUT2D eigenvalue weighted by Crippen LogP contribution is 2.25. The number of hydrogen-bond donors (Lipinski definition) is 1. The van der Waals surface area contributed by atoms with E-state index in [-0.39, 0.29) is 5.92 Å². The molecule has 0 spiro atoms.